The summed E-state index contributed by atoms with van der Waals surface area (Å²) in [5.74, 6) is -0.576. The molecule has 0 radical (unpaired) electrons. The van der Waals surface area contributed by atoms with Gasteiger partial charge in [-0.1, -0.05) is 0 Å². The first-order valence-electron chi connectivity index (χ1n) is 6.58. The summed E-state index contributed by atoms with van der Waals surface area (Å²) in [6.45, 7) is 7.62. The molecule has 0 aromatic carbocycles. The molecule has 1 aliphatic heterocycles. The number of carbonyl (C=O) groups excluding carboxylic acids is 1. The molecule has 0 spiro atoms. The predicted octanol–water partition coefficient (Wildman–Crippen LogP) is -0.576. The van der Waals surface area contributed by atoms with Gasteiger partial charge in [-0.2, -0.15) is 0 Å². The molecule has 8 nitrogen and oxygen atoms in total. The monoisotopic (exact) mass is 295 g/mol. The number of hydrogen-bond donors (Lipinski definition) is 3. The largest absolute Gasteiger partial charge is 0.478 e. The van der Waals surface area contributed by atoms with E-state index in [0.29, 0.717) is 0 Å². The lowest BCUT2D eigenvalue weighted by Gasteiger charge is -2.32. The van der Waals surface area contributed by atoms with E-state index in [4.69, 9.17) is 9.31 Å². The van der Waals surface area contributed by atoms with Crippen molar-refractivity contribution in [2.24, 2.45) is 0 Å². The Morgan fingerprint density at radius 1 is 1.19 bits per heavy atom. The zero-order valence-electron chi connectivity index (χ0n) is 12.4. The van der Waals surface area contributed by atoms with E-state index < -0.39 is 35.5 Å². The minimum Gasteiger partial charge on any atom is -0.402 e. The van der Waals surface area contributed by atoms with Gasteiger partial charge in [0.25, 0.3) is 11.5 Å². The average molecular weight is 295 g/mol. The second-order valence-corrected chi connectivity index (χ2v) is 5.90. The number of H-pyrrole nitrogens is 2. The van der Waals surface area contributed by atoms with Gasteiger partial charge < -0.3 is 19.6 Å². The van der Waals surface area contributed by atoms with Crippen LogP contribution in [0.15, 0.2) is 15.7 Å². The summed E-state index contributed by atoms with van der Waals surface area (Å²) in [4.78, 5) is 38.4. The van der Waals surface area contributed by atoms with E-state index in [9.17, 15) is 14.4 Å². The lowest BCUT2D eigenvalue weighted by molar-refractivity contribution is 0.00578. The molecule has 1 aromatic heterocycles. The Labute approximate surface area is 121 Å². The van der Waals surface area contributed by atoms with E-state index >= 15 is 0 Å². The zero-order chi connectivity index (χ0) is 15.8. The Hall–Kier alpha value is -1.87. The zero-order valence-corrected chi connectivity index (χ0v) is 12.4. The first kappa shape index (κ1) is 15.5. The molecule has 9 heteroatoms. The maximum atomic E-state index is 11.9. The minimum absolute atomic E-state index is 0.111. The van der Waals surface area contributed by atoms with Crippen LogP contribution in [0.25, 0.3) is 0 Å². The minimum atomic E-state index is -0.733. The van der Waals surface area contributed by atoms with E-state index in [1.165, 1.54) is 0 Å². The summed E-state index contributed by atoms with van der Waals surface area (Å²) in [6, 6.07) is 1.01. The van der Waals surface area contributed by atoms with E-state index in [0.717, 1.165) is 6.07 Å². The third-order valence-electron chi connectivity index (χ3n) is 3.74. The Morgan fingerprint density at radius 3 is 2.29 bits per heavy atom. The van der Waals surface area contributed by atoms with Crippen LogP contribution in [0, 0.1) is 0 Å². The first-order chi connectivity index (χ1) is 9.60. The van der Waals surface area contributed by atoms with Crippen LogP contribution >= 0.6 is 0 Å². The van der Waals surface area contributed by atoms with Crippen LogP contribution in [0.1, 0.15) is 38.2 Å². The van der Waals surface area contributed by atoms with Crippen LogP contribution in [0.2, 0.25) is 0 Å². The summed E-state index contributed by atoms with van der Waals surface area (Å²) in [5.41, 5.74) is -2.45. The summed E-state index contributed by atoms with van der Waals surface area (Å²) >= 11 is 0. The summed E-state index contributed by atoms with van der Waals surface area (Å²) in [6.07, 6.45) is 0.112. The molecule has 3 N–H and O–H groups in total. The van der Waals surface area contributed by atoms with E-state index in [1.807, 2.05) is 32.7 Å². The van der Waals surface area contributed by atoms with E-state index in [2.05, 4.69) is 10.3 Å². The summed E-state index contributed by atoms with van der Waals surface area (Å²) < 4.78 is 11.4. The van der Waals surface area contributed by atoms with Crippen molar-refractivity contribution in [3.8, 4) is 0 Å². The molecule has 1 amide bonds. The van der Waals surface area contributed by atoms with Gasteiger partial charge in [0.2, 0.25) is 0 Å². The highest BCUT2D eigenvalue weighted by Crippen LogP contribution is 2.36. The van der Waals surface area contributed by atoms with Crippen LogP contribution in [-0.4, -0.2) is 40.6 Å². The molecule has 0 saturated carbocycles. The second-order valence-electron chi connectivity index (χ2n) is 5.90. The lowest BCUT2D eigenvalue weighted by atomic mass is 9.90. The molecule has 21 heavy (non-hydrogen) atoms. The third-order valence-corrected chi connectivity index (χ3v) is 3.74. The number of amides is 1. The summed E-state index contributed by atoms with van der Waals surface area (Å²) in [5, 5.41) is 2.56. The standard InChI is InChI=1S/C12H18BN3O5/c1-11(2)12(3,4)21-13(20-11)6-14-9(18)7-5-8(17)16-10(19)15-7/h5H,6H2,1-4H3,(H,14,18)(H2,15,16,17,19). The lowest BCUT2D eigenvalue weighted by Crippen LogP contribution is -2.41. The predicted molar refractivity (Wildman–Crippen MR) is 76.1 cm³/mol. The van der Waals surface area contributed by atoms with E-state index in [1.54, 1.807) is 0 Å². The average Bonchev–Trinajstić information content (AvgIpc) is 2.53. The normalized spacial score (nSPS) is 19.5. The van der Waals surface area contributed by atoms with Crippen molar-refractivity contribution >= 4 is 13.0 Å². The molecule has 0 bridgehead atoms. The molecule has 0 aliphatic carbocycles. The molecule has 1 aromatic rings. The van der Waals surface area contributed by atoms with Crippen LogP contribution in [0.4, 0.5) is 0 Å². The van der Waals surface area contributed by atoms with Crippen molar-refractivity contribution < 1.29 is 14.1 Å². The Balaban J connectivity index is 2.00. The molecular weight excluding hydrogens is 277 g/mol. The Bertz CT molecular complexity index is 619. The van der Waals surface area contributed by atoms with Crippen molar-refractivity contribution in [1.82, 2.24) is 15.3 Å². The smallest absolute Gasteiger partial charge is 0.402 e. The highest BCUT2D eigenvalue weighted by atomic mass is 16.7. The van der Waals surface area contributed by atoms with Gasteiger partial charge in [0.1, 0.15) is 5.69 Å². The fourth-order valence-corrected chi connectivity index (χ4v) is 1.91. The van der Waals surface area contributed by atoms with Gasteiger partial charge in [0.15, 0.2) is 0 Å². The number of aromatic amines is 2. The molecule has 0 atom stereocenters. The van der Waals surface area contributed by atoms with Gasteiger partial charge in [-0.3, -0.25) is 14.6 Å². The van der Waals surface area contributed by atoms with E-state index in [-0.39, 0.29) is 12.1 Å². The van der Waals surface area contributed by atoms with Crippen molar-refractivity contribution in [3.63, 3.8) is 0 Å². The van der Waals surface area contributed by atoms with Crippen molar-refractivity contribution in [1.29, 1.82) is 0 Å². The molecule has 1 fully saturated rings. The maximum absolute atomic E-state index is 11.9. The SMILES string of the molecule is CC1(C)OB(CNC(=O)c2cc(=O)[nH]c(=O)[nH]2)OC1(C)C. The number of aromatic nitrogens is 2. The fraction of sp³-hybridized carbons (Fsp3) is 0.583. The van der Waals surface area contributed by atoms with Gasteiger partial charge in [-0.25, -0.2) is 4.79 Å². The van der Waals surface area contributed by atoms with Gasteiger partial charge in [-0.15, -0.1) is 0 Å². The topological polar surface area (TPSA) is 113 Å². The molecule has 114 valence electrons. The van der Waals surface area contributed by atoms with Crippen molar-refractivity contribution in [2.45, 2.75) is 38.9 Å². The third kappa shape index (κ3) is 3.25. The van der Waals surface area contributed by atoms with Crippen LogP contribution in [-0.2, 0) is 9.31 Å². The molecule has 0 unspecified atom stereocenters. The number of nitrogens with one attached hydrogen (secondary N) is 3. The van der Waals surface area contributed by atoms with Crippen LogP contribution in [0.5, 0.6) is 0 Å². The first-order valence-corrected chi connectivity index (χ1v) is 6.58. The quantitative estimate of drug-likeness (QED) is 0.646. The van der Waals surface area contributed by atoms with Gasteiger partial charge >= 0.3 is 12.8 Å². The van der Waals surface area contributed by atoms with Crippen molar-refractivity contribution in [2.75, 3.05) is 6.44 Å². The highest BCUT2D eigenvalue weighted by Gasteiger charge is 2.50. The maximum Gasteiger partial charge on any atom is 0.478 e. The highest BCUT2D eigenvalue weighted by molar-refractivity contribution is 6.46. The number of rotatable bonds is 3. The van der Waals surface area contributed by atoms with Crippen LogP contribution in [0.3, 0.4) is 0 Å². The Kier molecular flexibility index (Phi) is 3.81. The number of hydrogen-bond acceptors (Lipinski definition) is 5. The second kappa shape index (κ2) is 5.16. The van der Waals surface area contributed by atoms with Crippen molar-refractivity contribution in [3.05, 3.63) is 32.6 Å². The van der Waals surface area contributed by atoms with Gasteiger partial charge in [0, 0.05) is 6.07 Å². The summed E-state index contributed by atoms with van der Waals surface area (Å²) in [7, 11) is -0.590. The van der Waals surface area contributed by atoms with Crippen LogP contribution < -0.4 is 16.6 Å². The number of carbonyl (C=O) groups is 1. The Morgan fingerprint density at radius 2 is 1.76 bits per heavy atom. The van der Waals surface area contributed by atoms with Gasteiger partial charge in [0.05, 0.1) is 17.6 Å². The fourth-order valence-electron chi connectivity index (χ4n) is 1.91. The molecular formula is C12H18BN3O5. The van der Waals surface area contributed by atoms with Gasteiger partial charge in [-0.05, 0) is 27.7 Å². The molecule has 1 saturated heterocycles. The molecule has 2 heterocycles. The molecule has 1 aliphatic rings. The molecule has 2 rings (SSSR count).